The Morgan fingerprint density at radius 2 is 2.12 bits per heavy atom. The first kappa shape index (κ1) is 11.2. The van der Waals surface area contributed by atoms with Gasteiger partial charge in [0.2, 0.25) is 11.8 Å². The molecule has 2 bridgehead atoms. The minimum Gasteiger partial charge on any atom is -0.425 e. The van der Waals surface area contributed by atoms with Gasteiger partial charge in [0.05, 0.1) is 0 Å². The van der Waals surface area contributed by atoms with Gasteiger partial charge in [-0.15, -0.1) is 10.2 Å². The standard InChI is InChI=1S/C13H21N3O/c1-14-5-4-12-15-16-13(17-12)8-11-7-9-2-3-10(11)6-9/h9-11,14H,2-8H2,1H3. The SMILES string of the molecule is CNCCc1nnc(CC2CC3CCC2C3)o1. The highest BCUT2D eigenvalue weighted by Crippen LogP contribution is 2.49. The second kappa shape index (κ2) is 4.77. The van der Waals surface area contributed by atoms with E-state index in [9.17, 15) is 0 Å². The van der Waals surface area contributed by atoms with E-state index in [0.29, 0.717) is 0 Å². The molecule has 2 fully saturated rings. The fraction of sp³-hybridized carbons (Fsp3) is 0.846. The zero-order chi connectivity index (χ0) is 11.7. The van der Waals surface area contributed by atoms with Crippen molar-refractivity contribution in [2.24, 2.45) is 17.8 Å². The van der Waals surface area contributed by atoms with Gasteiger partial charge in [-0.2, -0.15) is 0 Å². The highest BCUT2D eigenvalue weighted by Gasteiger charge is 2.39. The lowest BCUT2D eigenvalue weighted by Gasteiger charge is -2.19. The first-order valence-corrected chi connectivity index (χ1v) is 6.81. The lowest BCUT2D eigenvalue weighted by Crippen LogP contribution is -2.13. The third-order valence-corrected chi connectivity index (χ3v) is 4.42. The van der Waals surface area contributed by atoms with E-state index in [1.807, 2.05) is 7.05 Å². The number of rotatable bonds is 5. The van der Waals surface area contributed by atoms with Gasteiger partial charge >= 0.3 is 0 Å². The topological polar surface area (TPSA) is 51.0 Å². The van der Waals surface area contributed by atoms with Gasteiger partial charge in [0, 0.05) is 19.4 Å². The fourth-order valence-electron chi connectivity index (χ4n) is 3.55. The first-order chi connectivity index (χ1) is 8.35. The second-order valence-electron chi connectivity index (χ2n) is 5.58. The van der Waals surface area contributed by atoms with E-state index >= 15 is 0 Å². The maximum Gasteiger partial charge on any atom is 0.217 e. The van der Waals surface area contributed by atoms with Gasteiger partial charge in [0.25, 0.3) is 0 Å². The molecule has 0 amide bonds. The Labute approximate surface area is 102 Å². The Balaban J connectivity index is 1.56. The maximum atomic E-state index is 5.69. The number of hydrogen-bond acceptors (Lipinski definition) is 4. The summed E-state index contributed by atoms with van der Waals surface area (Å²) in [5.41, 5.74) is 0. The molecule has 17 heavy (non-hydrogen) atoms. The quantitative estimate of drug-likeness (QED) is 0.845. The van der Waals surface area contributed by atoms with Crippen LogP contribution in [0.3, 0.4) is 0 Å². The summed E-state index contributed by atoms with van der Waals surface area (Å²) in [5.74, 6) is 4.38. The molecule has 1 aromatic rings. The molecule has 0 saturated heterocycles. The summed E-state index contributed by atoms with van der Waals surface area (Å²) in [5, 5.41) is 11.4. The summed E-state index contributed by atoms with van der Waals surface area (Å²) < 4.78 is 5.69. The number of nitrogens with zero attached hydrogens (tertiary/aromatic N) is 2. The number of nitrogens with one attached hydrogen (secondary N) is 1. The molecule has 0 aromatic carbocycles. The zero-order valence-electron chi connectivity index (χ0n) is 10.5. The Kier molecular flexibility index (Phi) is 3.14. The van der Waals surface area contributed by atoms with Crippen molar-refractivity contribution in [2.45, 2.75) is 38.5 Å². The van der Waals surface area contributed by atoms with Crippen molar-refractivity contribution >= 4 is 0 Å². The number of hydrogen-bond donors (Lipinski definition) is 1. The Morgan fingerprint density at radius 3 is 2.82 bits per heavy atom. The lowest BCUT2D eigenvalue weighted by atomic mass is 9.86. The average Bonchev–Trinajstić information content (AvgIpc) is 3.02. The van der Waals surface area contributed by atoms with Crippen molar-refractivity contribution in [3.05, 3.63) is 11.8 Å². The smallest absolute Gasteiger partial charge is 0.217 e. The summed E-state index contributed by atoms with van der Waals surface area (Å²) in [6, 6.07) is 0. The van der Waals surface area contributed by atoms with Crippen molar-refractivity contribution in [1.82, 2.24) is 15.5 Å². The van der Waals surface area contributed by atoms with Crippen LogP contribution in [0.2, 0.25) is 0 Å². The predicted octanol–water partition coefficient (Wildman–Crippen LogP) is 1.81. The van der Waals surface area contributed by atoms with E-state index in [4.69, 9.17) is 4.42 Å². The fourth-order valence-corrected chi connectivity index (χ4v) is 3.55. The first-order valence-electron chi connectivity index (χ1n) is 6.81. The zero-order valence-corrected chi connectivity index (χ0v) is 10.5. The molecule has 3 unspecified atom stereocenters. The van der Waals surface area contributed by atoms with E-state index < -0.39 is 0 Å². The van der Waals surface area contributed by atoms with E-state index in [1.54, 1.807) is 0 Å². The number of fused-ring (bicyclic) bond motifs is 2. The molecule has 2 aliphatic carbocycles. The van der Waals surface area contributed by atoms with Gasteiger partial charge in [-0.25, -0.2) is 0 Å². The maximum absolute atomic E-state index is 5.69. The molecule has 3 rings (SSSR count). The van der Waals surface area contributed by atoms with E-state index in [-0.39, 0.29) is 0 Å². The van der Waals surface area contributed by atoms with Gasteiger partial charge in [-0.3, -0.25) is 0 Å². The van der Waals surface area contributed by atoms with Crippen LogP contribution in [0.4, 0.5) is 0 Å². The summed E-state index contributed by atoms with van der Waals surface area (Å²) in [6.07, 6.45) is 7.56. The highest BCUT2D eigenvalue weighted by molar-refractivity contribution is 4.94. The summed E-state index contributed by atoms with van der Waals surface area (Å²) >= 11 is 0. The molecule has 94 valence electrons. The predicted molar refractivity (Wildman–Crippen MR) is 64.6 cm³/mol. The molecule has 1 aromatic heterocycles. The molecule has 2 aliphatic rings. The average molecular weight is 235 g/mol. The van der Waals surface area contributed by atoms with Gasteiger partial charge in [0.15, 0.2) is 0 Å². The van der Waals surface area contributed by atoms with Crippen LogP contribution in [-0.4, -0.2) is 23.8 Å². The Morgan fingerprint density at radius 1 is 1.24 bits per heavy atom. The van der Waals surface area contributed by atoms with E-state index in [0.717, 1.165) is 48.9 Å². The molecular formula is C13H21N3O. The summed E-state index contributed by atoms with van der Waals surface area (Å²) in [7, 11) is 1.94. The highest BCUT2D eigenvalue weighted by atomic mass is 16.4. The lowest BCUT2D eigenvalue weighted by molar-refractivity contribution is 0.303. The molecule has 1 N–H and O–H groups in total. The normalized spacial score (nSPS) is 31.2. The minimum atomic E-state index is 0.775. The van der Waals surface area contributed by atoms with Gasteiger partial charge in [0.1, 0.15) is 0 Å². The van der Waals surface area contributed by atoms with Crippen molar-refractivity contribution in [3.63, 3.8) is 0 Å². The molecule has 0 aliphatic heterocycles. The molecule has 4 nitrogen and oxygen atoms in total. The van der Waals surface area contributed by atoms with Crippen LogP contribution in [0, 0.1) is 17.8 Å². The second-order valence-corrected chi connectivity index (χ2v) is 5.58. The Bertz CT molecular complexity index is 376. The van der Waals surface area contributed by atoms with Crippen molar-refractivity contribution < 1.29 is 4.42 Å². The summed E-state index contributed by atoms with van der Waals surface area (Å²) in [6.45, 7) is 0.899. The molecular weight excluding hydrogens is 214 g/mol. The Hall–Kier alpha value is -0.900. The van der Waals surface area contributed by atoms with Crippen LogP contribution in [-0.2, 0) is 12.8 Å². The molecule has 1 heterocycles. The van der Waals surface area contributed by atoms with Crippen LogP contribution in [0.25, 0.3) is 0 Å². The van der Waals surface area contributed by atoms with E-state index in [2.05, 4.69) is 15.5 Å². The molecule has 4 heteroatoms. The monoisotopic (exact) mass is 235 g/mol. The van der Waals surface area contributed by atoms with Crippen LogP contribution < -0.4 is 5.32 Å². The minimum absolute atomic E-state index is 0.775. The van der Waals surface area contributed by atoms with Crippen LogP contribution in [0.5, 0.6) is 0 Å². The van der Waals surface area contributed by atoms with E-state index in [1.165, 1.54) is 25.7 Å². The van der Waals surface area contributed by atoms with Crippen molar-refractivity contribution in [3.8, 4) is 0 Å². The van der Waals surface area contributed by atoms with Gasteiger partial charge in [-0.05, 0) is 44.1 Å². The third kappa shape index (κ3) is 2.37. The third-order valence-electron chi connectivity index (χ3n) is 4.42. The van der Waals surface area contributed by atoms with Crippen LogP contribution >= 0.6 is 0 Å². The summed E-state index contributed by atoms with van der Waals surface area (Å²) in [4.78, 5) is 0. The van der Waals surface area contributed by atoms with Crippen LogP contribution in [0.1, 0.15) is 37.5 Å². The van der Waals surface area contributed by atoms with Crippen LogP contribution in [0.15, 0.2) is 4.42 Å². The number of likely N-dealkylation sites (N-methyl/N-ethyl adjacent to an activating group) is 1. The van der Waals surface area contributed by atoms with Crippen molar-refractivity contribution in [1.29, 1.82) is 0 Å². The van der Waals surface area contributed by atoms with Crippen molar-refractivity contribution in [2.75, 3.05) is 13.6 Å². The molecule has 0 spiro atoms. The van der Waals surface area contributed by atoms with Gasteiger partial charge < -0.3 is 9.73 Å². The number of aromatic nitrogens is 2. The van der Waals surface area contributed by atoms with Gasteiger partial charge in [-0.1, -0.05) is 6.42 Å². The molecule has 2 saturated carbocycles. The molecule has 0 radical (unpaired) electrons. The molecule has 3 atom stereocenters. The largest absolute Gasteiger partial charge is 0.425 e.